The number of ether oxygens (including phenoxy) is 3. The lowest BCUT2D eigenvalue weighted by Crippen LogP contribution is -2.44. The fourth-order valence-corrected chi connectivity index (χ4v) is 3.70. The maximum absolute atomic E-state index is 12.4. The number of nitrogens with one attached hydrogen (secondary N) is 1. The molecule has 1 N–H and O–H groups in total. The average molecular weight is 421 g/mol. The van der Waals surface area contributed by atoms with Gasteiger partial charge in [-0.3, -0.25) is 14.5 Å². The monoisotopic (exact) mass is 420 g/mol. The minimum atomic E-state index is -0.496. The van der Waals surface area contributed by atoms with Gasteiger partial charge in [-0.1, -0.05) is 38.7 Å². The molecule has 0 aliphatic carbocycles. The molecule has 0 spiro atoms. The van der Waals surface area contributed by atoms with Gasteiger partial charge in [0.05, 0.1) is 33.5 Å². The minimum Gasteiger partial charge on any atom is -0.493 e. The second kappa shape index (κ2) is 13.2. The maximum Gasteiger partial charge on any atom is 0.287 e. The zero-order valence-electron chi connectivity index (χ0n) is 18.6. The summed E-state index contributed by atoms with van der Waals surface area (Å²) in [6, 6.07) is 5.70. The second-order valence-corrected chi connectivity index (χ2v) is 7.58. The fourth-order valence-electron chi connectivity index (χ4n) is 3.70. The number of methoxy groups -OCH3 is 2. The average Bonchev–Trinajstić information content (AvgIpc) is 2.79. The molecule has 1 fully saturated rings. The first kappa shape index (κ1) is 24.2. The molecule has 1 amide bonds. The largest absolute Gasteiger partial charge is 0.493 e. The molecular formula is C23H36N2O5. The first-order valence-electron chi connectivity index (χ1n) is 11.0. The molecular weight excluding hydrogens is 384 g/mol. The van der Waals surface area contributed by atoms with Crippen molar-refractivity contribution in [1.29, 1.82) is 0 Å². The normalized spacial score (nSPS) is 15.4. The maximum atomic E-state index is 12.4. The van der Waals surface area contributed by atoms with Crippen LogP contribution in [-0.4, -0.2) is 63.7 Å². The van der Waals surface area contributed by atoms with Gasteiger partial charge < -0.3 is 19.5 Å². The van der Waals surface area contributed by atoms with Gasteiger partial charge in [0.1, 0.15) is 0 Å². The van der Waals surface area contributed by atoms with Crippen LogP contribution < -0.4 is 14.8 Å². The molecule has 1 aliphatic heterocycles. The van der Waals surface area contributed by atoms with Gasteiger partial charge in [-0.25, -0.2) is 0 Å². The predicted molar refractivity (Wildman–Crippen MR) is 116 cm³/mol. The number of ketones is 1. The van der Waals surface area contributed by atoms with Crippen LogP contribution in [0.5, 0.6) is 11.5 Å². The Morgan fingerprint density at radius 2 is 1.77 bits per heavy atom. The van der Waals surface area contributed by atoms with E-state index in [4.69, 9.17) is 14.2 Å². The van der Waals surface area contributed by atoms with Crippen molar-refractivity contribution in [3.63, 3.8) is 0 Å². The van der Waals surface area contributed by atoms with Crippen LogP contribution in [0.1, 0.15) is 57.1 Å². The van der Waals surface area contributed by atoms with Crippen LogP contribution in [0.3, 0.4) is 0 Å². The summed E-state index contributed by atoms with van der Waals surface area (Å²) in [7, 11) is 3.21. The lowest BCUT2D eigenvalue weighted by atomic mass is 10.0. The number of rotatable bonds is 13. The van der Waals surface area contributed by atoms with Crippen molar-refractivity contribution in [3.05, 3.63) is 23.8 Å². The Hall–Kier alpha value is -2.12. The van der Waals surface area contributed by atoms with Gasteiger partial charge in [-0.2, -0.15) is 0 Å². The summed E-state index contributed by atoms with van der Waals surface area (Å²) in [5, 5.41) is 2.85. The summed E-state index contributed by atoms with van der Waals surface area (Å²) in [6.45, 7) is 5.33. The molecule has 0 aromatic heterocycles. The van der Waals surface area contributed by atoms with E-state index in [0.717, 1.165) is 44.3 Å². The zero-order chi connectivity index (χ0) is 21.8. The van der Waals surface area contributed by atoms with Gasteiger partial charge >= 0.3 is 0 Å². The number of unbranched alkanes of at least 4 members (excludes halogenated alkanes) is 4. The van der Waals surface area contributed by atoms with Crippen molar-refractivity contribution in [3.8, 4) is 11.5 Å². The molecule has 1 aliphatic rings. The Bertz CT molecular complexity index is 674. The van der Waals surface area contributed by atoms with E-state index in [-0.39, 0.29) is 11.8 Å². The van der Waals surface area contributed by atoms with Crippen LogP contribution in [0, 0.1) is 0 Å². The molecule has 0 radical (unpaired) electrons. The number of carbonyl (C=O) groups excluding carboxylic acids is 2. The number of carbonyl (C=O) groups is 2. The smallest absolute Gasteiger partial charge is 0.287 e. The third-order valence-corrected chi connectivity index (χ3v) is 5.50. The number of hydrogen-bond acceptors (Lipinski definition) is 6. The molecule has 2 rings (SSSR count). The number of amides is 1. The van der Waals surface area contributed by atoms with Gasteiger partial charge in [0.25, 0.3) is 5.91 Å². The molecule has 0 saturated carbocycles. The van der Waals surface area contributed by atoms with E-state index in [0.29, 0.717) is 37.7 Å². The molecule has 0 bridgehead atoms. The third kappa shape index (κ3) is 7.29. The number of Topliss-reactive ketones (excluding diaryl/α,β-unsaturated/α-hetero) is 1. The van der Waals surface area contributed by atoms with E-state index in [2.05, 4.69) is 17.1 Å². The van der Waals surface area contributed by atoms with Crippen LogP contribution in [-0.2, 0) is 14.3 Å². The van der Waals surface area contributed by atoms with E-state index >= 15 is 0 Å². The SMILES string of the molecule is CCCCCCCC(=O)C(=O)NC[C@@H](c1ccc(OC)c(OC)c1)N1CCOCC1. The van der Waals surface area contributed by atoms with Crippen LogP contribution in [0.4, 0.5) is 0 Å². The Kier molecular flexibility index (Phi) is 10.7. The highest BCUT2D eigenvalue weighted by molar-refractivity contribution is 6.36. The molecule has 1 saturated heterocycles. The number of morpholine rings is 1. The molecule has 7 nitrogen and oxygen atoms in total. The van der Waals surface area contributed by atoms with Crippen molar-refractivity contribution in [2.24, 2.45) is 0 Å². The summed E-state index contributed by atoms with van der Waals surface area (Å²) in [5.74, 6) is 0.468. The molecule has 0 unspecified atom stereocenters. The Morgan fingerprint density at radius 1 is 1.07 bits per heavy atom. The van der Waals surface area contributed by atoms with Gasteiger partial charge in [-0.05, 0) is 24.1 Å². The first-order valence-corrected chi connectivity index (χ1v) is 11.0. The molecule has 1 atom stereocenters. The summed E-state index contributed by atoms with van der Waals surface area (Å²) < 4.78 is 16.3. The van der Waals surface area contributed by atoms with Crippen molar-refractivity contribution in [2.75, 3.05) is 47.1 Å². The Labute approximate surface area is 180 Å². The quantitative estimate of drug-likeness (QED) is 0.390. The molecule has 1 aromatic carbocycles. The van der Waals surface area contributed by atoms with E-state index in [9.17, 15) is 9.59 Å². The molecule has 30 heavy (non-hydrogen) atoms. The number of nitrogens with zero attached hydrogens (tertiary/aromatic N) is 1. The number of benzene rings is 1. The van der Waals surface area contributed by atoms with Crippen LogP contribution in [0.15, 0.2) is 18.2 Å². The Morgan fingerprint density at radius 3 is 2.43 bits per heavy atom. The van der Waals surface area contributed by atoms with E-state index in [1.807, 2.05) is 18.2 Å². The predicted octanol–water partition coefficient (Wildman–Crippen LogP) is 3.12. The van der Waals surface area contributed by atoms with E-state index in [1.165, 1.54) is 6.42 Å². The third-order valence-electron chi connectivity index (χ3n) is 5.50. The van der Waals surface area contributed by atoms with Crippen molar-refractivity contribution >= 4 is 11.7 Å². The lowest BCUT2D eigenvalue weighted by molar-refractivity contribution is -0.138. The van der Waals surface area contributed by atoms with Crippen molar-refractivity contribution in [1.82, 2.24) is 10.2 Å². The van der Waals surface area contributed by atoms with Gasteiger partial charge in [0.2, 0.25) is 5.78 Å². The topological polar surface area (TPSA) is 77.1 Å². The van der Waals surface area contributed by atoms with E-state index < -0.39 is 5.91 Å². The highest BCUT2D eigenvalue weighted by atomic mass is 16.5. The highest BCUT2D eigenvalue weighted by Crippen LogP contribution is 2.32. The number of hydrogen-bond donors (Lipinski definition) is 1. The Balaban J connectivity index is 2.00. The fraction of sp³-hybridized carbons (Fsp3) is 0.652. The standard InChI is InChI=1S/C23H36N2O5/c1-4-5-6-7-8-9-20(26)23(27)24-17-19(25-12-14-30-15-13-25)18-10-11-21(28-2)22(16-18)29-3/h10-11,16,19H,4-9,12-15,17H2,1-3H3,(H,24,27)/t19-/m0/s1. The molecule has 168 valence electrons. The minimum absolute atomic E-state index is 0.0741. The summed E-state index contributed by atoms with van der Waals surface area (Å²) in [5.41, 5.74) is 1.00. The zero-order valence-corrected chi connectivity index (χ0v) is 18.6. The lowest BCUT2D eigenvalue weighted by Gasteiger charge is -2.35. The van der Waals surface area contributed by atoms with Crippen LogP contribution in [0.25, 0.3) is 0 Å². The van der Waals surface area contributed by atoms with Crippen LogP contribution >= 0.6 is 0 Å². The molecule has 1 aromatic rings. The van der Waals surface area contributed by atoms with Gasteiger partial charge in [0, 0.05) is 26.1 Å². The molecule has 1 heterocycles. The van der Waals surface area contributed by atoms with Gasteiger partial charge in [-0.15, -0.1) is 0 Å². The summed E-state index contributed by atoms with van der Waals surface area (Å²) in [6.07, 6.45) is 5.53. The van der Waals surface area contributed by atoms with Crippen molar-refractivity contribution < 1.29 is 23.8 Å². The second-order valence-electron chi connectivity index (χ2n) is 7.58. The van der Waals surface area contributed by atoms with E-state index in [1.54, 1.807) is 14.2 Å². The van der Waals surface area contributed by atoms with Crippen molar-refractivity contribution in [2.45, 2.75) is 51.5 Å². The van der Waals surface area contributed by atoms with Gasteiger partial charge in [0.15, 0.2) is 11.5 Å². The summed E-state index contributed by atoms with van der Waals surface area (Å²) in [4.78, 5) is 26.8. The first-order chi connectivity index (χ1) is 14.6. The van der Waals surface area contributed by atoms with Crippen LogP contribution in [0.2, 0.25) is 0 Å². The highest BCUT2D eigenvalue weighted by Gasteiger charge is 2.25. The summed E-state index contributed by atoms with van der Waals surface area (Å²) >= 11 is 0. The molecule has 7 heteroatoms.